The third-order valence-corrected chi connectivity index (χ3v) is 2.31. The minimum atomic E-state index is -0.365. The normalized spacial score (nSPS) is 12.1. The first-order valence-corrected chi connectivity index (χ1v) is 4.89. The first kappa shape index (κ1) is 11.5. The topological polar surface area (TPSA) is 69.1 Å². The van der Waals surface area contributed by atoms with Crippen LogP contribution in [0.15, 0.2) is 36.5 Å². The van der Waals surface area contributed by atoms with Gasteiger partial charge in [-0.3, -0.25) is 4.79 Å². The quantitative estimate of drug-likeness (QED) is 0.734. The summed E-state index contributed by atoms with van der Waals surface area (Å²) in [7, 11) is 0. The van der Waals surface area contributed by atoms with Crippen LogP contribution in [0.4, 0.5) is 0 Å². The van der Waals surface area contributed by atoms with Crippen molar-refractivity contribution >= 4 is 5.78 Å². The van der Waals surface area contributed by atoms with E-state index in [1.807, 2.05) is 19.1 Å². The van der Waals surface area contributed by atoms with Gasteiger partial charge in [0.1, 0.15) is 0 Å². The molecule has 0 aliphatic heterocycles. The van der Waals surface area contributed by atoms with Crippen molar-refractivity contribution in [3.05, 3.63) is 47.7 Å². The Hall–Kier alpha value is -1.61. The second-order valence-corrected chi connectivity index (χ2v) is 3.45. The molecule has 0 aliphatic rings. The fraction of sp³-hybridized carbons (Fsp3) is 0.250. The van der Waals surface area contributed by atoms with E-state index in [1.54, 1.807) is 12.1 Å². The molecule has 15 heavy (non-hydrogen) atoms. The molecule has 3 nitrogen and oxygen atoms in total. The molecule has 3 heteroatoms. The maximum atomic E-state index is 11.4. The number of nitrogens with two attached hydrogens (primary N) is 2. The van der Waals surface area contributed by atoms with Crippen molar-refractivity contribution in [2.45, 2.75) is 19.4 Å². The summed E-state index contributed by atoms with van der Waals surface area (Å²) < 4.78 is 0. The van der Waals surface area contributed by atoms with Gasteiger partial charge < -0.3 is 11.5 Å². The van der Waals surface area contributed by atoms with Crippen LogP contribution in [0.3, 0.4) is 0 Å². The fourth-order valence-corrected chi connectivity index (χ4v) is 1.29. The molecule has 0 spiro atoms. The number of benzene rings is 1. The van der Waals surface area contributed by atoms with Crippen LogP contribution in [-0.4, -0.2) is 5.78 Å². The molecule has 0 fully saturated rings. The fourth-order valence-electron chi connectivity index (χ4n) is 1.29. The first-order valence-electron chi connectivity index (χ1n) is 4.89. The molecule has 1 aromatic rings. The first-order chi connectivity index (χ1) is 7.06. The zero-order valence-electron chi connectivity index (χ0n) is 8.86. The molecule has 0 saturated heterocycles. The van der Waals surface area contributed by atoms with E-state index in [-0.39, 0.29) is 11.8 Å². The van der Waals surface area contributed by atoms with E-state index in [9.17, 15) is 4.79 Å². The SMILES string of the molecule is C=C(N)[C@H](N)c1ccc(C(=O)CC)cc1. The van der Waals surface area contributed by atoms with Gasteiger partial charge in [0.2, 0.25) is 0 Å². The number of carbonyl (C=O) groups is 1. The lowest BCUT2D eigenvalue weighted by Gasteiger charge is -2.11. The Bertz CT molecular complexity index is 368. The minimum absolute atomic E-state index is 0.127. The van der Waals surface area contributed by atoms with Gasteiger partial charge in [-0.05, 0) is 5.56 Å². The third-order valence-electron chi connectivity index (χ3n) is 2.31. The molecule has 0 amide bonds. The van der Waals surface area contributed by atoms with Gasteiger partial charge in [-0.25, -0.2) is 0 Å². The van der Waals surface area contributed by atoms with Crippen molar-refractivity contribution in [3.8, 4) is 0 Å². The zero-order chi connectivity index (χ0) is 11.4. The lowest BCUT2D eigenvalue weighted by Crippen LogP contribution is -2.17. The van der Waals surface area contributed by atoms with Gasteiger partial charge >= 0.3 is 0 Å². The Labute approximate surface area is 89.8 Å². The molecule has 0 aromatic heterocycles. The van der Waals surface area contributed by atoms with E-state index in [2.05, 4.69) is 6.58 Å². The van der Waals surface area contributed by atoms with Gasteiger partial charge in [0, 0.05) is 17.7 Å². The Morgan fingerprint density at radius 2 is 1.93 bits per heavy atom. The minimum Gasteiger partial charge on any atom is -0.401 e. The number of rotatable bonds is 4. The Balaban J connectivity index is 2.90. The van der Waals surface area contributed by atoms with Gasteiger partial charge in [0.05, 0.1) is 6.04 Å². The van der Waals surface area contributed by atoms with Crippen molar-refractivity contribution < 1.29 is 4.79 Å². The summed E-state index contributed by atoms with van der Waals surface area (Å²) in [6, 6.07) is 6.79. The molecule has 0 aliphatic carbocycles. The van der Waals surface area contributed by atoms with Crippen molar-refractivity contribution in [2.24, 2.45) is 11.5 Å². The Morgan fingerprint density at radius 1 is 1.40 bits per heavy atom. The van der Waals surface area contributed by atoms with Crippen LogP contribution in [0.25, 0.3) is 0 Å². The van der Waals surface area contributed by atoms with Gasteiger partial charge in [-0.2, -0.15) is 0 Å². The molecule has 0 radical (unpaired) electrons. The van der Waals surface area contributed by atoms with Crippen molar-refractivity contribution in [2.75, 3.05) is 0 Å². The Morgan fingerprint density at radius 3 is 2.33 bits per heavy atom. The summed E-state index contributed by atoms with van der Waals surface area (Å²) in [6.45, 7) is 5.43. The van der Waals surface area contributed by atoms with Crippen LogP contribution in [0, 0.1) is 0 Å². The van der Waals surface area contributed by atoms with Crippen molar-refractivity contribution in [1.82, 2.24) is 0 Å². The average molecular weight is 204 g/mol. The highest BCUT2D eigenvalue weighted by atomic mass is 16.1. The van der Waals surface area contributed by atoms with Crippen LogP contribution in [0.2, 0.25) is 0 Å². The van der Waals surface area contributed by atoms with Gasteiger partial charge in [-0.1, -0.05) is 37.8 Å². The monoisotopic (exact) mass is 204 g/mol. The second kappa shape index (κ2) is 4.75. The van der Waals surface area contributed by atoms with Crippen LogP contribution in [0.5, 0.6) is 0 Å². The summed E-state index contributed by atoms with van der Waals surface area (Å²) >= 11 is 0. The number of Topliss-reactive ketones (excluding diaryl/α,β-unsaturated/α-hetero) is 1. The summed E-state index contributed by atoms with van der Waals surface area (Å²) in [5.41, 5.74) is 13.3. The molecule has 0 bridgehead atoms. The summed E-state index contributed by atoms with van der Waals surface area (Å²) in [5.74, 6) is 0.127. The van der Waals surface area contributed by atoms with E-state index in [4.69, 9.17) is 11.5 Å². The van der Waals surface area contributed by atoms with Crippen molar-refractivity contribution in [3.63, 3.8) is 0 Å². The smallest absolute Gasteiger partial charge is 0.162 e. The molecule has 4 N–H and O–H groups in total. The number of carbonyl (C=O) groups excluding carboxylic acids is 1. The largest absolute Gasteiger partial charge is 0.401 e. The lowest BCUT2D eigenvalue weighted by molar-refractivity contribution is 0.0988. The molecule has 1 aromatic carbocycles. The number of ketones is 1. The van der Waals surface area contributed by atoms with Gasteiger partial charge in [-0.15, -0.1) is 0 Å². The molecular weight excluding hydrogens is 188 g/mol. The van der Waals surface area contributed by atoms with E-state index >= 15 is 0 Å². The van der Waals surface area contributed by atoms with E-state index in [0.29, 0.717) is 17.7 Å². The van der Waals surface area contributed by atoms with E-state index in [1.165, 1.54) is 0 Å². The average Bonchev–Trinajstić information content (AvgIpc) is 2.27. The van der Waals surface area contributed by atoms with Crippen molar-refractivity contribution in [1.29, 1.82) is 0 Å². The molecule has 1 rings (SSSR count). The standard InChI is InChI=1S/C12H16N2O/c1-3-11(15)9-4-6-10(7-5-9)12(14)8(2)13/h4-7,12H,2-3,13-14H2,1H3/t12-/m0/s1. The van der Waals surface area contributed by atoms with Gasteiger partial charge in [0.25, 0.3) is 0 Å². The van der Waals surface area contributed by atoms with Gasteiger partial charge in [0.15, 0.2) is 5.78 Å². The van der Waals surface area contributed by atoms with Crippen LogP contribution < -0.4 is 11.5 Å². The highest BCUT2D eigenvalue weighted by Gasteiger charge is 2.08. The van der Waals surface area contributed by atoms with Crippen LogP contribution in [0.1, 0.15) is 35.3 Å². The Kier molecular flexibility index (Phi) is 3.63. The summed E-state index contributed by atoms with van der Waals surface area (Å²) in [5, 5.41) is 0. The number of hydrogen-bond acceptors (Lipinski definition) is 3. The molecule has 1 atom stereocenters. The lowest BCUT2D eigenvalue weighted by atomic mass is 10.0. The highest BCUT2D eigenvalue weighted by molar-refractivity contribution is 5.95. The predicted molar refractivity (Wildman–Crippen MR) is 61.3 cm³/mol. The second-order valence-electron chi connectivity index (χ2n) is 3.45. The zero-order valence-corrected chi connectivity index (χ0v) is 8.86. The highest BCUT2D eigenvalue weighted by Crippen LogP contribution is 2.15. The molecular formula is C12H16N2O. The van der Waals surface area contributed by atoms with E-state index < -0.39 is 0 Å². The maximum absolute atomic E-state index is 11.4. The molecule has 0 heterocycles. The third kappa shape index (κ3) is 2.67. The summed E-state index contributed by atoms with van der Waals surface area (Å²) in [6.07, 6.45) is 0.509. The predicted octanol–water partition coefficient (Wildman–Crippen LogP) is 1.75. The van der Waals surface area contributed by atoms with Crippen LogP contribution >= 0.6 is 0 Å². The molecule has 0 saturated carbocycles. The molecule has 0 unspecified atom stereocenters. The summed E-state index contributed by atoms with van der Waals surface area (Å²) in [4.78, 5) is 11.4. The molecule has 80 valence electrons. The van der Waals surface area contributed by atoms with E-state index in [0.717, 1.165) is 5.56 Å². The van der Waals surface area contributed by atoms with Crippen LogP contribution in [-0.2, 0) is 0 Å². The number of hydrogen-bond donors (Lipinski definition) is 2. The maximum Gasteiger partial charge on any atom is 0.162 e.